The number of amides is 1. The summed E-state index contributed by atoms with van der Waals surface area (Å²) in [4.78, 5) is 29.6. The number of ether oxygens (including phenoxy) is 2. The van der Waals surface area contributed by atoms with Crippen molar-refractivity contribution in [2.24, 2.45) is 0 Å². The molecule has 0 unspecified atom stereocenters. The first-order chi connectivity index (χ1) is 17.9. The maximum absolute atomic E-state index is 11.7. The summed E-state index contributed by atoms with van der Waals surface area (Å²) in [5, 5.41) is 3.45. The van der Waals surface area contributed by atoms with Gasteiger partial charge in [-0.3, -0.25) is 4.79 Å². The number of nitrogens with zero attached hydrogens (tertiary/aromatic N) is 6. The van der Waals surface area contributed by atoms with E-state index in [2.05, 4.69) is 41.5 Å². The molecule has 0 spiro atoms. The molecule has 5 rings (SSSR count). The molecule has 10 heteroatoms. The van der Waals surface area contributed by atoms with Crippen molar-refractivity contribution in [2.45, 2.75) is 26.9 Å². The number of carbonyl (C=O) groups is 1. The van der Waals surface area contributed by atoms with Crippen LogP contribution in [0.15, 0.2) is 48.8 Å². The van der Waals surface area contributed by atoms with E-state index in [4.69, 9.17) is 19.4 Å². The van der Waals surface area contributed by atoms with E-state index in [1.54, 1.807) is 25.2 Å². The van der Waals surface area contributed by atoms with Crippen molar-refractivity contribution in [1.29, 1.82) is 0 Å². The van der Waals surface area contributed by atoms with Gasteiger partial charge >= 0.3 is 0 Å². The molecule has 0 fully saturated rings. The topological polar surface area (TPSA) is 97.6 Å². The monoisotopic (exact) mass is 501 g/mol. The Morgan fingerprint density at radius 3 is 2.70 bits per heavy atom. The summed E-state index contributed by atoms with van der Waals surface area (Å²) in [6.45, 7) is 6.22. The van der Waals surface area contributed by atoms with Crippen LogP contribution in [-0.2, 0) is 17.9 Å². The summed E-state index contributed by atoms with van der Waals surface area (Å²) in [6, 6.07) is 14.3. The Bertz CT molecular complexity index is 1440. The van der Waals surface area contributed by atoms with E-state index in [0.29, 0.717) is 43.5 Å². The first-order valence-electron chi connectivity index (χ1n) is 12.2. The van der Waals surface area contributed by atoms with E-state index in [1.165, 1.54) is 11.1 Å². The average molecular weight is 502 g/mol. The number of aryl methyl sites for hydroxylation is 1. The molecule has 4 aromatic rings. The van der Waals surface area contributed by atoms with Gasteiger partial charge in [0.15, 0.2) is 28.5 Å². The summed E-state index contributed by atoms with van der Waals surface area (Å²) in [7, 11) is 3.72. The number of benzene rings is 2. The van der Waals surface area contributed by atoms with Gasteiger partial charge in [-0.15, -0.1) is 0 Å². The van der Waals surface area contributed by atoms with Crippen LogP contribution >= 0.6 is 0 Å². The minimum atomic E-state index is 0.0204. The molecular formula is C27H31N7O3. The molecule has 0 bridgehead atoms. The highest BCUT2D eigenvalue weighted by atomic mass is 16.7. The number of aromatic nitrogens is 4. The van der Waals surface area contributed by atoms with Gasteiger partial charge < -0.3 is 29.2 Å². The van der Waals surface area contributed by atoms with Crippen molar-refractivity contribution < 1.29 is 14.3 Å². The first-order valence-corrected chi connectivity index (χ1v) is 12.2. The zero-order valence-electron chi connectivity index (χ0n) is 21.6. The molecule has 0 atom stereocenters. The van der Waals surface area contributed by atoms with Crippen LogP contribution in [-0.4, -0.2) is 64.3 Å². The quantitative estimate of drug-likeness (QED) is 0.373. The SMILES string of the molecule is CC(=O)N(C)CCN(C)c1nc(NCc2ccc3c(c2)OCO3)c2ncn(Cc3cccc(C)c3)c2n1. The minimum Gasteiger partial charge on any atom is -0.454 e. The fraction of sp³-hybridized carbons (Fsp3) is 0.333. The van der Waals surface area contributed by atoms with Gasteiger partial charge in [0, 0.05) is 40.7 Å². The molecule has 0 radical (unpaired) electrons. The molecule has 3 heterocycles. The molecule has 37 heavy (non-hydrogen) atoms. The lowest BCUT2D eigenvalue weighted by atomic mass is 10.1. The van der Waals surface area contributed by atoms with E-state index in [9.17, 15) is 4.79 Å². The Hall–Kier alpha value is -4.34. The number of nitrogens with one attached hydrogen (secondary N) is 1. The second-order valence-corrected chi connectivity index (χ2v) is 9.31. The lowest BCUT2D eigenvalue weighted by Crippen LogP contribution is -2.34. The largest absolute Gasteiger partial charge is 0.454 e. The molecule has 0 aliphatic carbocycles. The molecule has 1 aliphatic rings. The number of imidazole rings is 1. The number of hydrogen-bond acceptors (Lipinski definition) is 8. The Labute approximate surface area is 215 Å². The van der Waals surface area contributed by atoms with E-state index < -0.39 is 0 Å². The molecule has 1 N–H and O–H groups in total. The third-order valence-corrected chi connectivity index (χ3v) is 6.43. The van der Waals surface area contributed by atoms with Crippen molar-refractivity contribution in [1.82, 2.24) is 24.4 Å². The number of rotatable bonds is 9. The van der Waals surface area contributed by atoms with Crippen LogP contribution in [0.2, 0.25) is 0 Å². The predicted octanol–water partition coefficient (Wildman–Crippen LogP) is 3.44. The van der Waals surface area contributed by atoms with Gasteiger partial charge in [-0.1, -0.05) is 35.9 Å². The highest BCUT2D eigenvalue weighted by Crippen LogP contribution is 2.33. The second-order valence-electron chi connectivity index (χ2n) is 9.31. The van der Waals surface area contributed by atoms with Gasteiger partial charge in [0.05, 0.1) is 12.9 Å². The third-order valence-electron chi connectivity index (χ3n) is 6.43. The molecule has 1 aliphatic heterocycles. The van der Waals surface area contributed by atoms with Crippen LogP contribution in [0.25, 0.3) is 11.2 Å². The Morgan fingerprint density at radius 1 is 1.05 bits per heavy atom. The molecular weight excluding hydrogens is 470 g/mol. The lowest BCUT2D eigenvalue weighted by Gasteiger charge is -2.22. The van der Waals surface area contributed by atoms with Crippen molar-refractivity contribution in [2.75, 3.05) is 44.2 Å². The summed E-state index contributed by atoms with van der Waals surface area (Å²) >= 11 is 0. The van der Waals surface area contributed by atoms with E-state index in [0.717, 1.165) is 22.7 Å². The second kappa shape index (κ2) is 10.3. The molecule has 2 aromatic heterocycles. The number of fused-ring (bicyclic) bond motifs is 2. The Balaban J connectivity index is 1.45. The Kier molecular flexibility index (Phi) is 6.80. The standard InChI is InChI=1S/C27H31N7O3/c1-18-6-5-7-21(12-18)15-34-16-29-24-25(28-14-20-8-9-22-23(13-20)37-17-36-22)30-27(31-26(24)34)33(4)11-10-32(3)19(2)35/h5-9,12-13,16H,10-11,14-15,17H2,1-4H3,(H,28,30,31). The van der Waals surface area contributed by atoms with Crippen molar-refractivity contribution >= 4 is 28.8 Å². The molecule has 1 amide bonds. The highest BCUT2D eigenvalue weighted by Gasteiger charge is 2.18. The zero-order chi connectivity index (χ0) is 25.9. The molecule has 0 saturated carbocycles. The number of carbonyl (C=O) groups excluding carboxylic acids is 1. The van der Waals surface area contributed by atoms with Crippen LogP contribution in [0, 0.1) is 6.92 Å². The van der Waals surface area contributed by atoms with Crippen LogP contribution < -0.4 is 19.7 Å². The molecule has 10 nitrogen and oxygen atoms in total. The van der Waals surface area contributed by atoms with Crippen molar-refractivity contribution in [3.63, 3.8) is 0 Å². The van der Waals surface area contributed by atoms with E-state index in [1.807, 2.05) is 34.7 Å². The molecule has 0 saturated heterocycles. The third kappa shape index (κ3) is 5.42. The number of likely N-dealkylation sites (N-methyl/N-ethyl adjacent to an activating group) is 2. The maximum atomic E-state index is 11.7. The van der Waals surface area contributed by atoms with Crippen LogP contribution in [0.5, 0.6) is 11.5 Å². The normalized spacial score (nSPS) is 12.1. The van der Waals surface area contributed by atoms with Crippen LogP contribution in [0.4, 0.5) is 11.8 Å². The fourth-order valence-corrected chi connectivity index (χ4v) is 4.14. The smallest absolute Gasteiger partial charge is 0.231 e. The van der Waals surface area contributed by atoms with E-state index in [-0.39, 0.29) is 12.7 Å². The van der Waals surface area contributed by atoms with Crippen molar-refractivity contribution in [3.05, 3.63) is 65.5 Å². The predicted molar refractivity (Wildman–Crippen MR) is 142 cm³/mol. The van der Waals surface area contributed by atoms with Gasteiger partial charge in [0.2, 0.25) is 18.6 Å². The van der Waals surface area contributed by atoms with Crippen LogP contribution in [0.3, 0.4) is 0 Å². The fourth-order valence-electron chi connectivity index (χ4n) is 4.14. The van der Waals surface area contributed by atoms with Gasteiger partial charge in [0.25, 0.3) is 0 Å². The minimum absolute atomic E-state index is 0.0204. The summed E-state index contributed by atoms with van der Waals surface area (Å²) < 4.78 is 13.0. The lowest BCUT2D eigenvalue weighted by molar-refractivity contribution is -0.127. The average Bonchev–Trinajstić information content (AvgIpc) is 3.52. The highest BCUT2D eigenvalue weighted by molar-refractivity contribution is 5.84. The summed E-state index contributed by atoms with van der Waals surface area (Å²) in [5.41, 5.74) is 4.86. The zero-order valence-corrected chi connectivity index (χ0v) is 21.6. The molecule has 2 aromatic carbocycles. The Morgan fingerprint density at radius 2 is 1.89 bits per heavy atom. The van der Waals surface area contributed by atoms with Crippen LogP contribution in [0.1, 0.15) is 23.6 Å². The molecule has 192 valence electrons. The van der Waals surface area contributed by atoms with Gasteiger partial charge in [0.1, 0.15) is 0 Å². The summed E-state index contributed by atoms with van der Waals surface area (Å²) in [6.07, 6.45) is 1.81. The van der Waals surface area contributed by atoms with Gasteiger partial charge in [-0.25, -0.2) is 4.98 Å². The first kappa shape index (κ1) is 24.4. The number of anilines is 2. The maximum Gasteiger partial charge on any atom is 0.231 e. The van der Waals surface area contributed by atoms with E-state index >= 15 is 0 Å². The summed E-state index contributed by atoms with van der Waals surface area (Å²) in [5.74, 6) is 2.72. The van der Waals surface area contributed by atoms with Gasteiger partial charge in [-0.2, -0.15) is 9.97 Å². The number of hydrogen-bond donors (Lipinski definition) is 1. The van der Waals surface area contributed by atoms with Crippen molar-refractivity contribution in [3.8, 4) is 11.5 Å². The van der Waals surface area contributed by atoms with Gasteiger partial charge in [-0.05, 0) is 30.2 Å².